The standard InChI is InChI=1S/C10H18N4/c1-13-7-10(8-13)14-9(3-2-5-11)4-6-12-14/h4,6,10H,2-3,5,7-8,11H2,1H3. The van der Waals surface area contributed by atoms with Crippen LogP contribution in [0.4, 0.5) is 0 Å². The average molecular weight is 194 g/mol. The molecule has 2 heterocycles. The van der Waals surface area contributed by atoms with E-state index in [0.717, 1.165) is 32.5 Å². The second-order valence-corrected chi connectivity index (χ2v) is 4.03. The molecule has 0 atom stereocenters. The number of aryl methyl sites for hydroxylation is 1. The fourth-order valence-electron chi connectivity index (χ4n) is 1.97. The van der Waals surface area contributed by atoms with Gasteiger partial charge in [-0.15, -0.1) is 0 Å². The summed E-state index contributed by atoms with van der Waals surface area (Å²) in [5.41, 5.74) is 6.83. The fourth-order valence-corrected chi connectivity index (χ4v) is 1.97. The molecule has 0 aliphatic carbocycles. The monoisotopic (exact) mass is 194 g/mol. The third-order valence-corrected chi connectivity index (χ3v) is 2.78. The third-order valence-electron chi connectivity index (χ3n) is 2.78. The normalized spacial score (nSPS) is 18.4. The van der Waals surface area contributed by atoms with Crippen molar-refractivity contribution in [3.63, 3.8) is 0 Å². The van der Waals surface area contributed by atoms with E-state index in [1.54, 1.807) is 0 Å². The highest BCUT2D eigenvalue weighted by Gasteiger charge is 2.26. The van der Waals surface area contributed by atoms with Crippen LogP contribution in [0.15, 0.2) is 12.3 Å². The summed E-state index contributed by atoms with van der Waals surface area (Å²) in [6.07, 6.45) is 4.00. The highest BCUT2D eigenvalue weighted by molar-refractivity contribution is 5.04. The molecule has 1 saturated heterocycles. The lowest BCUT2D eigenvalue weighted by Crippen LogP contribution is -2.45. The number of likely N-dealkylation sites (N-methyl/N-ethyl adjacent to an activating group) is 1. The highest BCUT2D eigenvalue weighted by atomic mass is 15.4. The fraction of sp³-hybridized carbons (Fsp3) is 0.700. The van der Waals surface area contributed by atoms with E-state index in [0.29, 0.717) is 6.04 Å². The molecule has 1 aromatic heterocycles. The van der Waals surface area contributed by atoms with Gasteiger partial charge in [-0.1, -0.05) is 0 Å². The Balaban J connectivity index is 1.99. The van der Waals surface area contributed by atoms with Gasteiger partial charge in [0.05, 0.1) is 6.04 Å². The van der Waals surface area contributed by atoms with E-state index < -0.39 is 0 Å². The minimum Gasteiger partial charge on any atom is -0.330 e. The molecule has 2 N–H and O–H groups in total. The number of nitrogens with two attached hydrogens (primary N) is 1. The predicted octanol–water partition coefficient (Wildman–Crippen LogP) is 0.261. The summed E-state index contributed by atoms with van der Waals surface area (Å²) in [6.45, 7) is 3.00. The van der Waals surface area contributed by atoms with Gasteiger partial charge in [0.25, 0.3) is 0 Å². The van der Waals surface area contributed by atoms with Crippen molar-refractivity contribution in [2.24, 2.45) is 5.73 Å². The first kappa shape index (κ1) is 9.68. The van der Waals surface area contributed by atoms with Crippen LogP contribution in [0.3, 0.4) is 0 Å². The summed E-state index contributed by atoms with van der Waals surface area (Å²) in [5, 5.41) is 4.37. The largest absolute Gasteiger partial charge is 0.330 e. The Morgan fingerprint density at radius 2 is 2.36 bits per heavy atom. The summed E-state index contributed by atoms with van der Waals surface area (Å²) in [6, 6.07) is 2.69. The van der Waals surface area contributed by atoms with Crippen molar-refractivity contribution < 1.29 is 0 Å². The van der Waals surface area contributed by atoms with Crippen molar-refractivity contribution in [2.75, 3.05) is 26.7 Å². The molecule has 0 amide bonds. The summed E-state index contributed by atoms with van der Waals surface area (Å²) in [7, 11) is 2.14. The van der Waals surface area contributed by atoms with Crippen molar-refractivity contribution in [1.82, 2.24) is 14.7 Å². The minimum atomic E-state index is 0.586. The lowest BCUT2D eigenvalue weighted by Gasteiger charge is -2.37. The molecule has 0 spiro atoms. The maximum Gasteiger partial charge on any atom is 0.0775 e. The van der Waals surface area contributed by atoms with E-state index in [4.69, 9.17) is 5.73 Å². The maximum absolute atomic E-state index is 5.50. The van der Waals surface area contributed by atoms with Gasteiger partial charge in [-0.25, -0.2) is 0 Å². The van der Waals surface area contributed by atoms with Crippen LogP contribution >= 0.6 is 0 Å². The van der Waals surface area contributed by atoms with Crippen molar-refractivity contribution in [1.29, 1.82) is 0 Å². The van der Waals surface area contributed by atoms with Crippen molar-refractivity contribution in [3.05, 3.63) is 18.0 Å². The van der Waals surface area contributed by atoms with Gasteiger partial charge in [-0.3, -0.25) is 4.68 Å². The SMILES string of the molecule is CN1CC(n2nccc2CCCN)C1. The van der Waals surface area contributed by atoms with Gasteiger partial charge < -0.3 is 10.6 Å². The molecule has 2 rings (SSSR count). The van der Waals surface area contributed by atoms with E-state index in [-0.39, 0.29) is 0 Å². The van der Waals surface area contributed by atoms with Gasteiger partial charge in [0.1, 0.15) is 0 Å². The predicted molar refractivity (Wildman–Crippen MR) is 56.1 cm³/mol. The number of aromatic nitrogens is 2. The summed E-state index contributed by atoms with van der Waals surface area (Å²) >= 11 is 0. The molecule has 14 heavy (non-hydrogen) atoms. The van der Waals surface area contributed by atoms with Crippen LogP contribution in [0.5, 0.6) is 0 Å². The van der Waals surface area contributed by atoms with E-state index in [1.165, 1.54) is 5.69 Å². The Morgan fingerprint density at radius 1 is 1.57 bits per heavy atom. The van der Waals surface area contributed by atoms with E-state index in [9.17, 15) is 0 Å². The van der Waals surface area contributed by atoms with Crippen LogP contribution in [0.2, 0.25) is 0 Å². The molecule has 0 unspecified atom stereocenters. The molecule has 4 heteroatoms. The van der Waals surface area contributed by atoms with Gasteiger partial charge in [0.15, 0.2) is 0 Å². The van der Waals surface area contributed by atoms with E-state index >= 15 is 0 Å². The molecular formula is C10H18N4. The van der Waals surface area contributed by atoms with Crippen LogP contribution in [0, 0.1) is 0 Å². The Labute approximate surface area is 84.7 Å². The van der Waals surface area contributed by atoms with Crippen LogP contribution in [0.1, 0.15) is 18.2 Å². The minimum absolute atomic E-state index is 0.586. The van der Waals surface area contributed by atoms with Crippen LogP contribution in [0.25, 0.3) is 0 Å². The molecule has 4 nitrogen and oxygen atoms in total. The number of likely N-dealkylation sites (tertiary alicyclic amines) is 1. The first-order valence-corrected chi connectivity index (χ1v) is 5.22. The van der Waals surface area contributed by atoms with Crippen LogP contribution < -0.4 is 5.73 Å². The Hall–Kier alpha value is -0.870. The zero-order valence-corrected chi connectivity index (χ0v) is 8.69. The van der Waals surface area contributed by atoms with E-state index in [1.807, 2.05) is 6.20 Å². The Bertz CT molecular complexity index is 288. The molecule has 1 fully saturated rings. The quantitative estimate of drug-likeness (QED) is 0.748. The highest BCUT2D eigenvalue weighted by Crippen LogP contribution is 2.20. The molecule has 1 aromatic rings. The van der Waals surface area contributed by atoms with Gasteiger partial charge >= 0.3 is 0 Å². The summed E-state index contributed by atoms with van der Waals surface area (Å²) < 4.78 is 2.16. The van der Waals surface area contributed by atoms with Crippen molar-refractivity contribution >= 4 is 0 Å². The van der Waals surface area contributed by atoms with Crippen molar-refractivity contribution in [2.45, 2.75) is 18.9 Å². The molecule has 0 radical (unpaired) electrons. The van der Waals surface area contributed by atoms with Crippen LogP contribution in [-0.4, -0.2) is 41.4 Å². The molecule has 0 aromatic carbocycles. The first-order valence-electron chi connectivity index (χ1n) is 5.22. The lowest BCUT2D eigenvalue weighted by atomic mass is 10.1. The topological polar surface area (TPSA) is 47.1 Å². The second kappa shape index (κ2) is 4.11. The molecule has 1 aliphatic heterocycles. The van der Waals surface area contributed by atoms with Gasteiger partial charge in [-0.2, -0.15) is 5.10 Å². The second-order valence-electron chi connectivity index (χ2n) is 4.03. The smallest absolute Gasteiger partial charge is 0.0775 e. The number of rotatable bonds is 4. The molecule has 78 valence electrons. The third kappa shape index (κ3) is 1.81. The maximum atomic E-state index is 5.50. The first-order chi connectivity index (χ1) is 6.81. The van der Waals surface area contributed by atoms with Gasteiger partial charge in [0.2, 0.25) is 0 Å². The summed E-state index contributed by atoms with van der Waals surface area (Å²) in [4.78, 5) is 2.30. The Kier molecular flexibility index (Phi) is 2.84. The van der Waals surface area contributed by atoms with Gasteiger partial charge in [0, 0.05) is 25.0 Å². The number of hydrogen-bond donors (Lipinski definition) is 1. The number of hydrogen-bond acceptors (Lipinski definition) is 3. The summed E-state index contributed by atoms with van der Waals surface area (Å²) in [5.74, 6) is 0. The average Bonchev–Trinajstić information content (AvgIpc) is 2.57. The molecule has 1 aliphatic rings. The molecule has 0 saturated carbocycles. The molecular weight excluding hydrogens is 176 g/mol. The lowest BCUT2D eigenvalue weighted by molar-refractivity contribution is 0.128. The van der Waals surface area contributed by atoms with Crippen LogP contribution in [-0.2, 0) is 6.42 Å². The Morgan fingerprint density at radius 3 is 3.00 bits per heavy atom. The van der Waals surface area contributed by atoms with E-state index in [2.05, 4.69) is 27.8 Å². The van der Waals surface area contributed by atoms with Gasteiger partial charge in [-0.05, 0) is 32.5 Å². The zero-order valence-electron chi connectivity index (χ0n) is 8.69. The molecule has 0 bridgehead atoms. The zero-order chi connectivity index (χ0) is 9.97. The number of nitrogens with zero attached hydrogens (tertiary/aromatic N) is 3. The van der Waals surface area contributed by atoms with Crippen molar-refractivity contribution in [3.8, 4) is 0 Å².